The Bertz CT molecular complexity index is 627. The number of carbonyl (C=O) groups excluding carboxylic acids is 1. The molecule has 3 N–H and O–H groups in total. The predicted octanol–water partition coefficient (Wildman–Crippen LogP) is 2.43. The van der Waals surface area contributed by atoms with Crippen molar-refractivity contribution in [1.29, 1.82) is 0 Å². The van der Waals surface area contributed by atoms with E-state index in [1.54, 1.807) is 24.3 Å². The maximum Gasteiger partial charge on any atom is 0.259 e. The van der Waals surface area contributed by atoms with Gasteiger partial charge in [-0.1, -0.05) is 24.3 Å². The van der Waals surface area contributed by atoms with E-state index >= 15 is 0 Å². The van der Waals surface area contributed by atoms with Crippen molar-refractivity contribution in [2.75, 3.05) is 12.4 Å². The van der Waals surface area contributed by atoms with E-state index in [0.29, 0.717) is 11.3 Å². The summed E-state index contributed by atoms with van der Waals surface area (Å²) in [5, 5.41) is 22.4. The van der Waals surface area contributed by atoms with E-state index in [9.17, 15) is 15.0 Å². The zero-order chi connectivity index (χ0) is 15.2. The summed E-state index contributed by atoms with van der Waals surface area (Å²) < 4.78 is 0. The van der Waals surface area contributed by atoms with Crippen molar-refractivity contribution in [2.45, 2.75) is 6.61 Å². The topological polar surface area (TPSA) is 88.0 Å². The molecule has 0 unspecified atom stereocenters. The van der Waals surface area contributed by atoms with Crippen LogP contribution in [0.25, 0.3) is 0 Å². The molecule has 0 spiro atoms. The molecule has 1 amide bonds. The van der Waals surface area contributed by atoms with Crippen LogP contribution < -0.4 is 5.32 Å². The molecule has 0 aromatic heterocycles. The number of nitrogens with one attached hydrogen (secondary N) is 1. The first-order valence-corrected chi connectivity index (χ1v) is 6.19. The molecule has 21 heavy (non-hydrogen) atoms. The zero-order valence-corrected chi connectivity index (χ0v) is 11.4. The number of anilines is 1. The highest BCUT2D eigenvalue weighted by molar-refractivity contribution is 6.06. The minimum atomic E-state index is -0.520. The summed E-state index contributed by atoms with van der Waals surface area (Å²) >= 11 is 0. The Hall–Kier alpha value is -2.57. The molecule has 0 radical (unpaired) electrons. The Kier molecular flexibility index (Phi) is 4.76. The first-order valence-electron chi connectivity index (χ1n) is 6.19. The van der Waals surface area contributed by atoms with E-state index < -0.39 is 17.4 Å². The second-order valence-corrected chi connectivity index (χ2v) is 4.22. The lowest BCUT2D eigenvalue weighted by atomic mass is 10.1. The van der Waals surface area contributed by atoms with Crippen molar-refractivity contribution in [1.82, 2.24) is 0 Å². The summed E-state index contributed by atoms with van der Waals surface area (Å²) in [5.74, 6) is -1.43. The summed E-state index contributed by atoms with van der Waals surface area (Å²) in [6.07, 6.45) is 0. The quantitative estimate of drug-likeness (QED) is 0.447. The molecule has 2 rings (SSSR count). The first kappa shape index (κ1) is 14.8. The number of phenolic OH excluding ortho intramolecular Hbond substituents is 2. The van der Waals surface area contributed by atoms with Crippen molar-refractivity contribution in [3.05, 3.63) is 53.6 Å². The predicted molar refractivity (Wildman–Crippen MR) is 76.0 cm³/mol. The van der Waals surface area contributed by atoms with E-state index in [4.69, 9.17) is 0 Å². The number of hydrogen-bond acceptors (Lipinski definition) is 5. The van der Waals surface area contributed by atoms with Gasteiger partial charge in [0.05, 0.1) is 12.7 Å². The van der Waals surface area contributed by atoms with Gasteiger partial charge in [-0.25, -0.2) is 9.78 Å². The van der Waals surface area contributed by atoms with Crippen LogP contribution in [-0.4, -0.2) is 23.2 Å². The lowest BCUT2D eigenvalue weighted by Gasteiger charge is -2.10. The SMILES string of the molecule is COOCc1ccc(C(=O)Nc2ccccc2)c(O)c1O. The summed E-state index contributed by atoms with van der Waals surface area (Å²) in [6, 6.07) is 11.7. The van der Waals surface area contributed by atoms with Gasteiger partial charge in [-0.05, 0) is 18.2 Å². The Morgan fingerprint density at radius 1 is 1.10 bits per heavy atom. The highest BCUT2D eigenvalue weighted by atomic mass is 17.2. The molecule has 6 heteroatoms. The summed E-state index contributed by atoms with van der Waals surface area (Å²) in [7, 11) is 1.33. The number of para-hydroxylation sites is 1. The summed E-state index contributed by atoms with van der Waals surface area (Å²) in [5.41, 5.74) is 0.872. The minimum Gasteiger partial charge on any atom is -0.504 e. The van der Waals surface area contributed by atoms with Gasteiger partial charge in [0.2, 0.25) is 0 Å². The van der Waals surface area contributed by atoms with Gasteiger partial charge in [-0.15, -0.1) is 0 Å². The molecule has 0 bridgehead atoms. The molecule has 110 valence electrons. The van der Waals surface area contributed by atoms with E-state index in [1.807, 2.05) is 6.07 Å². The third-order valence-electron chi connectivity index (χ3n) is 2.84. The molecule has 6 nitrogen and oxygen atoms in total. The molecule has 0 aliphatic carbocycles. The van der Waals surface area contributed by atoms with Gasteiger partial charge in [0.15, 0.2) is 11.5 Å². The molecule has 0 aliphatic rings. The molecule has 2 aromatic carbocycles. The lowest BCUT2D eigenvalue weighted by molar-refractivity contribution is -0.282. The number of aromatic hydroxyl groups is 2. The maximum atomic E-state index is 12.1. The third-order valence-corrected chi connectivity index (χ3v) is 2.84. The van der Waals surface area contributed by atoms with E-state index in [-0.39, 0.29) is 12.2 Å². The average Bonchev–Trinajstić information content (AvgIpc) is 2.49. The smallest absolute Gasteiger partial charge is 0.259 e. The second kappa shape index (κ2) is 6.74. The van der Waals surface area contributed by atoms with Gasteiger partial charge >= 0.3 is 0 Å². The number of rotatable bonds is 5. The molecule has 0 aliphatic heterocycles. The van der Waals surface area contributed by atoms with Gasteiger partial charge in [0.1, 0.15) is 6.61 Å². The van der Waals surface area contributed by atoms with Crippen LogP contribution in [0.5, 0.6) is 11.5 Å². The van der Waals surface area contributed by atoms with Crippen molar-refractivity contribution in [2.24, 2.45) is 0 Å². The van der Waals surface area contributed by atoms with Crippen LogP contribution in [0.1, 0.15) is 15.9 Å². The van der Waals surface area contributed by atoms with E-state index in [0.717, 1.165) is 0 Å². The summed E-state index contributed by atoms with van der Waals surface area (Å²) in [6.45, 7) is -0.0452. The van der Waals surface area contributed by atoms with Crippen LogP contribution in [0.4, 0.5) is 5.69 Å². The Balaban J connectivity index is 2.20. The Morgan fingerprint density at radius 3 is 2.48 bits per heavy atom. The fraction of sp³-hybridized carbons (Fsp3) is 0.133. The number of carbonyl (C=O) groups is 1. The van der Waals surface area contributed by atoms with Crippen LogP contribution in [0, 0.1) is 0 Å². The summed E-state index contributed by atoms with van der Waals surface area (Å²) in [4.78, 5) is 21.2. The fourth-order valence-corrected chi connectivity index (χ4v) is 1.76. The van der Waals surface area contributed by atoms with Gasteiger partial charge in [-0.2, -0.15) is 0 Å². The van der Waals surface area contributed by atoms with E-state index in [2.05, 4.69) is 15.1 Å². The molecular formula is C15H15NO5. The van der Waals surface area contributed by atoms with Crippen LogP contribution in [0.2, 0.25) is 0 Å². The van der Waals surface area contributed by atoms with Crippen LogP contribution in [-0.2, 0) is 16.4 Å². The zero-order valence-electron chi connectivity index (χ0n) is 11.4. The molecular weight excluding hydrogens is 274 g/mol. The van der Waals surface area contributed by atoms with Gasteiger partial charge in [0.25, 0.3) is 5.91 Å². The number of benzene rings is 2. The standard InChI is InChI=1S/C15H15NO5/c1-20-21-9-10-7-8-12(14(18)13(10)17)15(19)16-11-5-3-2-4-6-11/h2-8,17-18H,9H2,1H3,(H,16,19). The van der Waals surface area contributed by atoms with Crippen molar-refractivity contribution in [3.8, 4) is 11.5 Å². The van der Waals surface area contributed by atoms with Gasteiger partial charge < -0.3 is 15.5 Å². The Labute approximate surface area is 121 Å². The van der Waals surface area contributed by atoms with Crippen LogP contribution in [0.3, 0.4) is 0 Å². The number of phenols is 2. The Morgan fingerprint density at radius 2 is 1.81 bits per heavy atom. The molecule has 0 fully saturated rings. The maximum absolute atomic E-state index is 12.1. The first-order chi connectivity index (χ1) is 10.1. The normalized spacial score (nSPS) is 10.3. The molecule has 0 atom stereocenters. The van der Waals surface area contributed by atoms with E-state index in [1.165, 1.54) is 19.2 Å². The fourth-order valence-electron chi connectivity index (χ4n) is 1.76. The van der Waals surface area contributed by atoms with Crippen molar-refractivity contribution in [3.63, 3.8) is 0 Å². The average molecular weight is 289 g/mol. The highest BCUT2D eigenvalue weighted by Gasteiger charge is 2.17. The minimum absolute atomic E-state index is 0.0301. The lowest BCUT2D eigenvalue weighted by Crippen LogP contribution is -2.12. The van der Waals surface area contributed by atoms with Crippen LogP contribution in [0.15, 0.2) is 42.5 Å². The van der Waals surface area contributed by atoms with Gasteiger partial charge in [0, 0.05) is 11.3 Å². The van der Waals surface area contributed by atoms with Gasteiger partial charge in [-0.3, -0.25) is 4.79 Å². The van der Waals surface area contributed by atoms with Crippen LogP contribution >= 0.6 is 0 Å². The van der Waals surface area contributed by atoms with Crippen molar-refractivity contribution >= 4 is 11.6 Å². The largest absolute Gasteiger partial charge is 0.504 e. The molecule has 2 aromatic rings. The highest BCUT2D eigenvalue weighted by Crippen LogP contribution is 2.33. The number of amides is 1. The second-order valence-electron chi connectivity index (χ2n) is 4.22. The molecule has 0 saturated heterocycles. The third kappa shape index (κ3) is 3.50. The monoisotopic (exact) mass is 289 g/mol. The molecule has 0 saturated carbocycles. The number of hydrogen-bond donors (Lipinski definition) is 3. The van der Waals surface area contributed by atoms with Crippen molar-refractivity contribution < 1.29 is 24.8 Å². The molecule has 0 heterocycles.